The molecule has 0 bridgehead atoms. The normalized spacial score (nSPS) is 15.2. The Labute approximate surface area is 234 Å². The van der Waals surface area contributed by atoms with Crippen LogP contribution in [0.1, 0.15) is 66.9 Å². The molecular formula is C31H28N2O6S. The number of hydrogen-bond donors (Lipinski definition) is 1. The molecule has 0 fully saturated rings. The van der Waals surface area contributed by atoms with Crippen molar-refractivity contribution in [1.29, 1.82) is 0 Å². The minimum absolute atomic E-state index is 0.183. The summed E-state index contributed by atoms with van der Waals surface area (Å²) in [7, 11) is 0. The molecule has 0 saturated heterocycles. The summed E-state index contributed by atoms with van der Waals surface area (Å²) in [5, 5.41) is 9.13. The molecule has 1 unspecified atom stereocenters. The Morgan fingerprint density at radius 2 is 1.80 bits per heavy atom. The number of hydrogen-bond acceptors (Lipinski definition) is 7. The van der Waals surface area contributed by atoms with Crippen molar-refractivity contribution in [2.24, 2.45) is 4.99 Å². The molecule has 1 N–H and O–H groups in total. The molecule has 204 valence electrons. The Kier molecular flexibility index (Phi) is 7.40. The second-order valence-corrected chi connectivity index (χ2v) is 10.7. The van der Waals surface area contributed by atoms with Crippen LogP contribution in [0.3, 0.4) is 0 Å². The second kappa shape index (κ2) is 10.9. The summed E-state index contributed by atoms with van der Waals surface area (Å²) in [6.07, 6.45) is 1.65. The molecule has 8 nitrogen and oxygen atoms in total. The molecule has 1 aliphatic rings. The monoisotopic (exact) mass is 556 g/mol. The maximum absolute atomic E-state index is 13.8. The molecule has 0 radical (unpaired) electrons. The van der Waals surface area contributed by atoms with Crippen LogP contribution in [0.25, 0.3) is 17.4 Å². The summed E-state index contributed by atoms with van der Waals surface area (Å²) < 4.78 is 13.3. The van der Waals surface area contributed by atoms with Crippen LogP contribution < -0.4 is 14.9 Å². The molecule has 0 saturated carbocycles. The molecule has 0 spiro atoms. The third-order valence-corrected chi connectivity index (χ3v) is 7.74. The third kappa shape index (κ3) is 5.08. The van der Waals surface area contributed by atoms with E-state index in [0.29, 0.717) is 43.6 Å². The first-order chi connectivity index (χ1) is 19.2. The predicted octanol–water partition coefficient (Wildman–Crippen LogP) is 4.88. The maximum Gasteiger partial charge on any atom is 0.338 e. The van der Waals surface area contributed by atoms with Gasteiger partial charge in [0, 0.05) is 11.6 Å². The quantitative estimate of drug-likeness (QED) is 0.325. The summed E-state index contributed by atoms with van der Waals surface area (Å²) in [6.45, 7) is 7.92. The van der Waals surface area contributed by atoms with Crippen LogP contribution in [-0.2, 0) is 9.53 Å². The van der Waals surface area contributed by atoms with E-state index in [2.05, 4.69) is 18.8 Å². The third-order valence-electron chi connectivity index (χ3n) is 6.75. The number of carboxylic acids is 1. The summed E-state index contributed by atoms with van der Waals surface area (Å²) in [5.41, 5.74) is 3.39. The first-order valence-electron chi connectivity index (χ1n) is 12.9. The number of rotatable bonds is 7. The van der Waals surface area contributed by atoms with Gasteiger partial charge in [-0.25, -0.2) is 14.6 Å². The number of nitrogens with zero attached hydrogens (tertiary/aromatic N) is 2. The highest BCUT2D eigenvalue weighted by Crippen LogP contribution is 2.31. The zero-order valence-corrected chi connectivity index (χ0v) is 23.3. The number of fused-ring (bicyclic) bond motifs is 1. The van der Waals surface area contributed by atoms with Crippen molar-refractivity contribution in [2.45, 2.75) is 39.7 Å². The molecule has 3 heterocycles. The smallest absolute Gasteiger partial charge is 0.338 e. The van der Waals surface area contributed by atoms with Gasteiger partial charge in [-0.05, 0) is 55.2 Å². The highest BCUT2D eigenvalue weighted by Gasteiger charge is 2.33. The van der Waals surface area contributed by atoms with Crippen LogP contribution in [-0.4, -0.2) is 28.2 Å². The number of ether oxygens (including phenoxy) is 1. The number of furan rings is 1. The van der Waals surface area contributed by atoms with Crippen LogP contribution in [0.5, 0.6) is 0 Å². The van der Waals surface area contributed by atoms with Gasteiger partial charge in [0.15, 0.2) is 4.80 Å². The van der Waals surface area contributed by atoms with Gasteiger partial charge in [0.05, 0.1) is 34.0 Å². The number of aromatic nitrogens is 1. The van der Waals surface area contributed by atoms with E-state index in [1.165, 1.54) is 23.5 Å². The number of thiazole rings is 1. The molecule has 2 aromatic carbocycles. The minimum atomic E-state index is -1.00. The Hall–Kier alpha value is -4.50. The topological polar surface area (TPSA) is 111 Å². The highest BCUT2D eigenvalue weighted by atomic mass is 32.1. The van der Waals surface area contributed by atoms with E-state index in [1.807, 2.05) is 24.3 Å². The van der Waals surface area contributed by atoms with Gasteiger partial charge in [-0.2, -0.15) is 0 Å². The average molecular weight is 557 g/mol. The molecule has 2 aromatic heterocycles. The van der Waals surface area contributed by atoms with Gasteiger partial charge in [0.1, 0.15) is 11.5 Å². The molecule has 40 heavy (non-hydrogen) atoms. The van der Waals surface area contributed by atoms with Crippen LogP contribution >= 0.6 is 11.3 Å². The Morgan fingerprint density at radius 1 is 1.10 bits per heavy atom. The molecule has 5 rings (SSSR count). The number of aromatic carboxylic acids is 1. The number of benzene rings is 2. The lowest BCUT2D eigenvalue weighted by Gasteiger charge is -2.25. The number of carboxylic acid groups (broad SMARTS) is 1. The van der Waals surface area contributed by atoms with Crippen molar-refractivity contribution in [3.8, 4) is 11.3 Å². The van der Waals surface area contributed by atoms with Crippen molar-refractivity contribution in [3.05, 3.63) is 114 Å². The van der Waals surface area contributed by atoms with Crippen LogP contribution in [0.2, 0.25) is 0 Å². The number of carbonyl (C=O) groups excluding carboxylic acids is 1. The zero-order chi connectivity index (χ0) is 28.6. The van der Waals surface area contributed by atoms with E-state index in [-0.39, 0.29) is 17.7 Å². The predicted molar refractivity (Wildman–Crippen MR) is 152 cm³/mol. The van der Waals surface area contributed by atoms with Gasteiger partial charge in [0.2, 0.25) is 0 Å². The zero-order valence-electron chi connectivity index (χ0n) is 22.5. The lowest BCUT2D eigenvalue weighted by molar-refractivity contribution is -0.139. The van der Waals surface area contributed by atoms with Crippen molar-refractivity contribution in [1.82, 2.24) is 4.57 Å². The van der Waals surface area contributed by atoms with E-state index in [1.54, 1.807) is 48.8 Å². The Bertz CT molecular complexity index is 1800. The van der Waals surface area contributed by atoms with Gasteiger partial charge < -0.3 is 14.3 Å². The van der Waals surface area contributed by atoms with Crippen LogP contribution in [0, 0.1) is 0 Å². The first-order valence-corrected chi connectivity index (χ1v) is 13.7. The van der Waals surface area contributed by atoms with E-state index in [9.17, 15) is 14.4 Å². The molecule has 1 aliphatic heterocycles. The van der Waals surface area contributed by atoms with E-state index >= 15 is 0 Å². The standard InChI is InChI=1S/C31H28N2O6S/c1-5-38-30(37)26-18(4)32-31-33(27(26)21-10-6-19(7-11-21)17(2)3)28(34)25(40-31)16-23-14-15-24(39-23)20-8-12-22(13-9-20)29(35)36/h6-17,27H,5H2,1-4H3,(H,35,36). The van der Waals surface area contributed by atoms with Gasteiger partial charge in [-0.3, -0.25) is 9.36 Å². The lowest BCUT2D eigenvalue weighted by atomic mass is 9.93. The summed E-state index contributed by atoms with van der Waals surface area (Å²) >= 11 is 1.22. The molecular weight excluding hydrogens is 528 g/mol. The fourth-order valence-corrected chi connectivity index (χ4v) is 5.69. The number of esters is 1. The van der Waals surface area contributed by atoms with Crippen molar-refractivity contribution in [2.75, 3.05) is 6.61 Å². The van der Waals surface area contributed by atoms with E-state index < -0.39 is 18.0 Å². The van der Waals surface area contributed by atoms with Crippen molar-refractivity contribution >= 4 is 29.4 Å². The highest BCUT2D eigenvalue weighted by molar-refractivity contribution is 7.07. The van der Waals surface area contributed by atoms with Crippen molar-refractivity contribution < 1.29 is 23.8 Å². The Balaban J connectivity index is 1.59. The van der Waals surface area contributed by atoms with E-state index in [4.69, 9.17) is 14.3 Å². The molecule has 0 aliphatic carbocycles. The van der Waals surface area contributed by atoms with Gasteiger partial charge in [-0.1, -0.05) is 61.6 Å². The van der Waals surface area contributed by atoms with Gasteiger partial charge >= 0.3 is 11.9 Å². The van der Waals surface area contributed by atoms with Gasteiger partial charge in [0.25, 0.3) is 5.56 Å². The Morgan fingerprint density at radius 3 is 2.42 bits per heavy atom. The minimum Gasteiger partial charge on any atom is -0.478 e. The molecule has 1 atom stereocenters. The summed E-state index contributed by atoms with van der Waals surface area (Å²) in [6, 6.07) is 17.1. The molecule has 9 heteroatoms. The fraction of sp³-hybridized carbons (Fsp3) is 0.226. The van der Waals surface area contributed by atoms with E-state index in [0.717, 1.165) is 11.1 Å². The number of allylic oxidation sites excluding steroid dienone is 1. The maximum atomic E-state index is 13.8. The first kappa shape index (κ1) is 27.1. The second-order valence-electron chi connectivity index (χ2n) is 9.71. The van der Waals surface area contributed by atoms with Gasteiger partial charge in [-0.15, -0.1) is 0 Å². The lowest BCUT2D eigenvalue weighted by Crippen LogP contribution is -2.39. The molecule has 4 aromatic rings. The number of carbonyl (C=O) groups is 2. The summed E-state index contributed by atoms with van der Waals surface area (Å²) in [4.78, 5) is 43.1. The summed E-state index contributed by atoms with van der Waals surface area (Å²) in [5.74, 6) is -0.162. The van der Waals surface area contributed by atoms with Crippen LogP contribution in [0.15, 0.2) is 86.1 Å². The average Bonchev–Trinajstić information content (AvgIpc) is 3.52. The fourth-order valence-electron chi connectivity index (χ4n) is 4.66. The van der Waals surface area contributed by atoms with Crippen molar-refractivity contribution in [3.63, 3.8) is 0 Å². The molecule has 0 amide bonds. The SMILES string of the molecule is CCOC(=O)C1=C(C)N=c2sc(=Cc3ccc(-c4ccc(C(=O)O)cc4)o3)c(=O)n2C1c1ccc(C(C)C)cc1. The largest absolute Gasteiger partial charge is 0.478 e. The van der Waals surface area contributed by atoms with Crippen LogP contribution in [0.4, 0.5) is 0 Å².